The van der Waals surface area contributed by atoms with E-state index in [0.717, 1.165) is 23.9 Å². The van der Waals surface area contributed by atoms with Gasteiger partial charge in [0.15, 0.2) is 0 Å². The van der Waals surface area contributed by atoms with E-state index in [-0.39, 0.29) is 5.75 Å². The zero-order chi connectivity index (χ0) is 14.4. The van der Waals surface area contributed by atoms with E-state index in [0.29, 0.717) is 18.7 Å². The zero-order valence-electron chi connectivity index (χ0n) is 11.4. The van der Waals surface area contributed by atoms with Crippen molar-refractivity contribution in [2.75, 3.05) is 11.9 Å². The first-order chi connectivity index (χ1) is 9.67. The SMILES string of the molecule is CCCOc1ccc(NCc2cc(O)cc(F)c2)cc1. The van der Waals surface area contributed by atoms with Crippen molar-refractivity contribution < 1.29 is 14.2 Å². The predicted octanol–water partition coefficient (Wildman–Crippen LogP) is 3.93. The average Bonchev–Trinajstić information content (AvgIpc) is 2.43. The molecule has 0 saturated carbocycles. The van der Waals surface area contributed by atoms with Crippen molar-refractivity contribution >= 4 is 5.69 Å². The molecule has 0 aliphatic rings. The highest BCUT2D eigenvalue weighted by atomic mass is 19.1. The van der Waals surface area contributed by atoms with Crippen LogP contribution in [0.5, 0.6) is 11.5 Å². The minimum Gasteiger partial charge on any atom is -0.508 e. The molecule has 0 radical (unpaired) electrons. The number of phenolic OH excluding ortho intramolecular Hbond substituents is 1. The third-order valence-corrected chi connectivity index (χ3v) is 2.77. The second-order valence-corrected chi connectivity index (χ2v) is 4.54. The molecule has 0 atom stereocenters. The highest BCUT2D eigenvalue weighted by Gasteiger charge is 2.00. The largest absolute Gasteiger partial charge is 0.508 e. The molecule has 0 saturated heterocycles. The van der Waals surface area contributed by atoms with Crippen LogP contribution in [0, 0.1) is 5.82 Å². The van der Waals surface area contributed by atoms with Gasteiger partial charge in [0.05, 0.1) is 6.61 Å². The molecule has 0 heterocycles. The summed E-state index contributed by atoms with van der Waals surface area (Å²) in [5.41, 5.74) is 1.60. The molecule has 0 unspecified atom stereocenters. The lowest BCUT2D eigenvalue weighted by Crippen LogP contribution is -2.00. The minimum atomic E-state index is -0.440. The number of benzene rings is 2. The average molecular weight is 275 g/mol. The summed E-state index contributed by atoms with van der Waals surface area (Å²) in [5, 5.41) is 12.5. The van der Waals surface area contributed by atoms with E-state index in [4.69, 9.17) is 4.74 Å². The van der Waals surface area contributed by atoms with Gasteiger partial charge in [-0.3, -0.25) is 0 Å². The van der Waals surface area contributed by atoms with Crippen LogP contribution in [0.1, 0.15) is 18.9 Å². The zero-order valence-corrected chi connectivity index (χ0v) is 11.4. The van der Waals surface area contributed by atoms with Gasteiger partial charge in [-0.1, -0.05) is 6.92 Å². The highest BCUT2D eigenvalue weighted by molar-refractivity contribution is 5.47. The quantitative estimate of drug-likeness (QED) is 0.839. The first-order valence-electron chi connectivity index (χ1n) is 6.62. The lowest BCUT2D eigenvalue weighted by Gasteiger charge is -2.09. The van der Waals surface area contributed by atoms with E-state index in [9.17, 15) is 9.50 Å². The topological polar surface area (TPSA) is 41.5 Å². The lowest BCUT2D eigenvalue weighted by molar-refractivity contribution is 0.317. The number of hydrogen-bond acceptors (Lipinski definition) is 3. The smallest absolute Gasteiger partial charge is 0.127 e. The van der Waals surface area contributed by atoms with Crippen molar-refractivity contribution in [1.29, 1.82) is 0 Å². The van der Waals surface area contributed by atoms with Crippen LogP contribution in [0.15, 0.2) is 42.5 Å². The van der Waals surface area contributed by atoms with Crippen LogP contribution in [-0.4, -0.2) is 11.7 Å². The third kappa shape index (κ3) is 4.16. The fourth-order valence-electron chi connectivity index (χ4n) is 1.83. The Balaban J connectivity index is 1.93. The summed E-state index contributed by atoms with van der Waals surface area (Å²) in [5.74, 6) is 0.330. The molecule has 0 aliphatic heterocycles. The fraction of sp³-hybridized carbons (Fsp3) is 0.250. The van der Waals surface area contributed by atoms with Gasteiger partial charge in [-0.05, 0) is 48.4 Å². The first kappa shape index (κ1) is 14.2. The van der Waals surface area contributed by atoms with Crippen LogP contribution in [0.3, 0.4) is 0 Å². The second kappa shape index (κ2) is 6.80. The maximum absolute atomic E-state index is 13.1. The van der Waals surface area contributed by atoms with Gasteiger partial charge in [0.2, 0.25) is 0 Å². The molecule has 0 bridgehead atoms. The number of phenols is 1. The van der Waals surface area contributed by atoms with Gasteiger partial charge in [0, 0.05) is 18.3 Å². The Morgan fingerprint density at radius 1 is 1.15 bits per heavy atom. The molecule has 3 nitrogen and oxygen atoms in total. The van der Waals surface area contributed by atoms with Crippen molar-refractivity contribution in [2.45, 2.75) is 19.9 Å². The predicted molar refractivity (Wildman–Crippen MR) is 77.6 cm³/mol. The van der Waals surface area contributed by atoms with Crippen molar-refractivity contribution in [3.05, 3.63) is 53.8 Å². The molecule has 20 heavy (non-hydrogen) atoms. The minimum absolute atomic E-state index is 0.0647. The van der Waals surface area contributed by atoms with Gasteiger partial charge in [-0.15, -0.1) is 0 Å². The molecule has 106 valence electrons. The van der Waals surface area contributed by atoms with E-state index in [1.807, 2.05) is 24.3 Å². The number of halogens is 1. The molecule has 0 amide bonds. The standard InChI is InChI=1S/C16H18FNO2/c1-2-7-20-16-5-3-14(4-6-16)18-11-12-8-13(17)10-15(19)9-12/h3-6,8-10,18-19H,2,7,11H2,1H3. The molecular formula is C16H18FNO2. The van der Waals surface area contributed by atoms with Crippen LogP contribution >= 0.6 is 0 Å². The summed E-state index contributed by atoms with van der Waals surface area (Å²) in [6.45, 7) is 3.21. The number of rotatable bonds is 6. The monoisotopic (exact) mass is 275 g/mol. The van der Waals surface area contributed by atoms with Crippen molar-refractivity contribution in [3.63, 3.8) is 0 Å². The van der Waals surface area contributed by atoms with Crippen LogP contribution in [-0.2, 0) is 6.54 Å². The second-order valence-electron chi connectivity index (χ2n) is 4.54. The molecule has 0 fully saturated rings. The molecule has 2 aromatic carbocycles. The van der Waals surface area contributed by atoms with Gasteiger partial charge in [0.25, 0.3) is 0 Å². The Morgan fingerprint density at radius 3 is 2.55 bits per heavy atom. The van der Waals surface area contributed by atoms with Gasteiger partial charge in [-0.25, -0.2) is 4.39 Å². The maximum Gasteiger partial charge on any atom is 0.127 e. The molecule has 0 aromatic heterocycles. The van der Waals surface area contributed by atoms with Crippen LogP contribution in [0.4, 0.5) is 10.1 Å². The fourth-order valence-corrected chi connectivity index (χ4v) is 1.83. The lowest BCUT2D eigenvalue weighted by atomic mass is 10.2. The van der Waals surface area contributed by atoms with Crippen molar-refractivity contribution in [3.8, 4) is 11.5 Å². The first-order valence-corrected chi connectivity index (χ1v) is 6.62. The Hall–Kier alpha value is -2.23. The van der Waals surface area contributed by atoms with E-state index >= 15 is 0 Å². The summed E-state index contributed by atoms with van der Waals surface area (Å²) in [6, 6.07) is 11.6. The number of nitrogens with one attached hydrogen (secondary N) is 1. The van der Waals surface area contributed by atoms with Gasteiger partial charge < -0.3 is 15.2 Å². The van der Waals surface area contributed by atoms with Crippen molar-refractivity contribution in [2.24, 2.45) is 0 Å². The molecule has 4 heteroatoms. The molecule has 2 N–H and O–H groups in total. The Morgan fingerprint density at radius 2 is 1.90 bits per heavy atom. The number of anilines is 1. The number of ether oxygens (including phenoxy) is 1. The van der Waals surface area contributed by atoms with E-state index in [1.54, 1.807) is 0 Å². The summed E-state index contributed by atoms with van der Waals surface area (Å²) >= 11 is 0. The highest BCUT2D eigenvalue weighted by Crippen LogP contribution is 2.18. The summed E-state index contributed by atoms with van der Waals surface area (Å²) < 4.78 is 18.6. The molecular weight excluding hydrogens is 257 g/mol. The number of hydrogen-bond donors (Lipinski definition) is 2. The van der Waals surface area contributed by atoms with E-state index in [2.05, 4.69) is 12.2 Å². The van der Waals surface area contributed by atoms with Crippen LogP contribution < -0.4 is 10.1 Å². The van der Waals surface area contributed by atoms with Crippen LogP contribution in [0.2, 0.25) is 0 Å². The summed E-state index contributed by atoms with van der Waals surface area (Å²) in [7, 11) is 0. The molecule has 0 aliphatic carbocycles. The Kier molecular flexibility index (Phi) is 4.82. The van der Waals surface area contributed by atoms with Crippen molar-refractivity contribution in [1.82, 2.24) is 0 Å². The summed E-state index contributed by atoms with van der Waals surface area (Å²) in [4.78, 5) is 0. The van der Waals surface area contributed by atoms with Gasteiger partial charge in [0.1, 0.15) is 17.3 Å². The van der Waals surface area contributed by atoms with E-state index < -0.39 is 5.82 Å². The van der Waals surface area contributed by atoms with Crippen LogP contribution in [0.25, 0.3) is 0 Å². The number of aromatic hydroxyl groups is 1. The Labute approximate surface area is 118 Å². The molecule has 2 aromatic rings. The van der Waals surface area contributed by atoms with Gasteiger partial charge >= 0.3 is 0 Å². The Bertz CT molecular complexity index is 535. The molecule has 0 spiro atoms. The maximum atomic E-state index is 13.1. The summed E-state index contributed by atoms with van der Waals surface area (Å²) in [6.07, 6.45) is 0.975. The van der Waals surface area contributed by atoms with E-state index in [1.165, 1.54) is 12.1 Å². The van der Waals surface area contributed by atoms with Gasteiger partial charge in [-0.2, -0.15) is 0 Å². The molecule has 2 rings (SSSR count). The third-order valence-electron chi connectivity index (χ3n) is 2.77. The normalized spacial score (nSPS) is 10.3.